The first-order valence-electron chi connectivity index (χ1n) is 7.58. The summed E-state index contributed by atoms with van der Waals surface area (Å²) in [6.07, 6.45) is 1.88. The molecule has 2 aromatic heterocycles. The van der Waals surface area contributed by atoms with Gasteiger partial charge < -0.3 is 4.74 Å². The van der Waals surface area contributed by atoms with Gasteiger partial charge in [-0.2, -0.15) is 5.10 Å². The van der Waals surface area contributed by atoms with Gasteiger partial charge in [-0.15, -0.1) is 0 Å². The maximum atomic E-state index is 12.2. The van der Waals surface area contributed by atoms with E-state index in [2.05, 4.69) is 27.4 Å². The minimum Gasteiger partial charge on any atom is -0.494 e. The van der Waals surface area contributed by atoms with Crippen LogP contribution < -0.4 is 10.1 Å². The Kier molecular flexibility index (Phi) is 4.57. The summed E-state index contributed by atoms with van der Waals surface area (Å²) >= 11 is 1.42. The average Bonchev–Trinajstić information content (AvgIpc) is 3.14. The Balaban J connectivity index is 1.76. The second kappa shape index (κ2) is 6.78. The molecule has 23 heavy (non-hydrogen) atoms. The zero-order valence-electron chi connectivity index (χ0n) is 13.0. The summed E-state index contributed by atoms with van der Waals surface area (Å²) in [4.78, 5) is 16.6. The molecule has 0 spiro atoms. The molecule has 7 heteroatoms. The van der Waals surface area contributed by atoms with E-state index in [1.54, 1.807) is 6.07 Å². The monoisotopic (exact) mass is 330 g/mol. The fourth-order valence-corrected chi connectivity index (χ4v) is 3.14. The van der Waals surface area contributed by atoms with Crippen LogP contribution >= 0.6 is 11.3 Å². The minimum absolute atomic E-state index is 0.257. The zero-order chi connectivity index (χ0) is 16.2. The minimum atomic E-state index is -0.257. The van der Waals surface area contributed by atoms with Crippen molar-refractivity contribution in [2.24, 2.45) is 0 Å². The molecule has 1 aromatic carbocycles. The first-order chi connectivity index (χ1) is 11.2. The molecule has 120 valence electrons. The van der Waals surface area contributed by atoms with E-state index in [4.69, 9.17) is 4.74 Å². The van der Waals surface area contributed by atoms with Gasteiger partial charge in [0.05, 0.1) is 16.8 Å². The maximum Gasteiger partial charge on any atom is 0.277 e. The molecule has 0 bridgehead atoms. The number of thiazole rings is 1. The number of benzene rings is 1. The van der Waals surface area contributed by atoms with Gasteiger partial charge in [0.2, 0.25) is 0 Å². The highest BCUT2D eigenvalue weighted by Gasteiger charge is 2.13. The molecule has 3 rings (SSSR count). The van der Waals surface area contributed by atoms with Crippen molar-refractivity contribution in [1.29, 1.82) is 0 Å². The van der Waals surface area contributed by atoms with Gasteiger partial charge in [-0.3, -0.25) is 15.2 Å². The van der Waals surface area contributed by atoms with Crippen molar-refractivity contribution >= 4 is 32.6 Å². The largest absolute Gasteiger partial charge is 0.494 e. The summed E-state index contributed by atoms with van der Waals surface area (Å²) in [5, 5.41) is 10.3. The second-order valence-electron chi connectivity index (χ2n) is 5.06. The maximum absolute atomic E-state index is 12.2. The molecule has 1 amide bonds. The van der Waals surface area contributed by atoms with Crippen LogP contribution in [-0.4, -0.2) is 27.7 Å². The molecule has 2 heterocycles. The van der Waals surface area contributed by atoms with Crippen molar-refractivity contribution in [2.45, 2.75) is 26.7 Å². The standard InChI is InChI=1S/C16H18N4O2S/c1-3-5-10-8-13(20-19-10)15(21)18-16-17-12-7-6-11(22-4-2)9-14(12)23-16/h6-9H,3-5H2,1-2H3,(H,19,20)(H,17,18,21). The molecular weight excluding hydrogens is 312 g/mol. The van der Waals surface area contributed by atoms with Crippen LogP contribution in [0.2, 0.25) is 0 Å². The molecule has 3 aromatic rings. The number of anilines is 1. The number of H-pyrrole nitrogens is 1. The Morgan fingerprint density at radius 3 is 3.00 bits per heavy atom. The third-order valence-corrected chi connectivity index (χ3v) is 4.21. The molecule has 2 N–H and O–H groups in total. The Morgan fingerprint density at radius 1 is 1.35 bits per heavy atom. The number of aryl methyl sites for hydroxylation is 1. The van der Waals surface area contributed by atoms with E-state index >= 15 is 0 Å². The number of carbonyl (C=O) groups excluding carboxylic acids is 1. The Bertz CT molecular complexity index is 824. The number of hydrogen-bond donors (Lipinski definition) is 2. The van der Waals surface area contributed by atoms with Crippen LogP contribution in [0.4, 0.5) is 5.13 Å². The lowest BCUT2D eigenvalue weighted by molar-refractivity contribution is 0.102. The van der Waals surface area contributed by atoms with E-state index in [-0.39, 0.29) is 5.91 Å². The quantitative estimate of drug-likeness (QED) is 0.723. The van der Waals surface area contributed by atoms with E-state index in [0.717, 1.165) is 34.5 Å². The number of carbonyl (C=O) groups is 1. The zero-order valence-corrected chi connectivity index (χ0v) is 13.9. The lowest BCUT2D eigenvalue weighted by Crippen LogP contribution is -2.12. The molecule has 0 aliphatic heterocycles. The smallest absolute Gasteiger partial charge is 0.277 e. The summed E-state index contributed by atoms with van der Waals surface area (Å²) in [5.74, 6) is 0.547. The van der Waals surface area contributed by atoms with Gasteiger partial charge in [-0.25, -0.2) is 4.98 Å². The lowest BCUT2D eigenvalue weighted by atomic mass is 10.2. The summed E-state index contributed by atoms with van der Waals surface area (Å²) in [5.41, 5.74) is 2.17. The second-order valence-corrected chi connectivity index (χ2v) is 6.09. The highest BCUT2D eigenvalue weighted by atomic mass is 32.1. The molecule has 0 saturated heterocycles. The molecule has 0 atom stereocenters. The highest BCUT2D eigenvalue weighted by molar-refractivity contribution is 7.22. The average molecular weight is 330 g/mol. The number of nitrogens with one attached hydrogen (secondary N) is 2. The van der Waals surface area contributed by atoms with Crippen molar-refractivity contribution in [3.05, 3.63) is 35.7 Å². The van der Waals surface area contributed by atoms with Crippen LogP contribution in [0.15, 0.2) is 24.3 Å². The van der Waals surface area contributed by atoms with E-state index in [1.165, 1.54) is 11.3 Å². The third kappa shape index (κ3) is 3.50. The summed E-state index contributed by atoms with van der Waals surface area (Å²) in [7, 11) is 0. The molecule has 0 fully saturated rings. The summed E-state index contributed by atoms with van der Waals surface area (Å²) in [6, 6.07) is 7.47. The molecule has 6 nitrogen and oxygen atoms in total. The Morgan fingerprint density at radius 2 is 2.22 bits per heavy atom. The van der Waals surface area contributed by atoms with E-state index in [9.17, 15) is 4.79 Å². The topological polar surface area (TPSA) is 79.9 Å². The first kappa shape index (κ1) is 15.5. The van der Waals surface area contributed by atoms with Crippen molar-refractivity contribution in [3.8, 4) is 5.75 Å². The fraction of sp³-hybridized carbons (Fsp3) is 0.312. The molecular formula is C16H18N4O2S. The molecule has 0 aliphatic carbocycles. The van der Waals surface area contributed by atoms with Crippen LogP contribution in [0.5, 0.6) is 5.75 Å². The number of hydrogen-bond acceptors (Lipinski definition) is 5. The van der Waals surface area contributed by atoms with Gasteiger partial charge in [0.15, 0.2) is 10.8 Å². The third-order valence-electron chi connectivity index (χ3n) is 3.27. The van der Waals surface area contributed by atoms with Crippen LogP contribution in [-0.2, 0) is 6.42 Å². The van der Waals surface area contributed by atoms with Crippen molar-refractivity contribution in [1.82, 2.24) is 15.2 Å². The number of fused-ring (bicyclic) bond motifs is 1. The predicted molar refractivity (Wildman–Crippen MR) is 91.3 cm³/mol. The molecule has 0 radical (unpaired) electrons. The Labute approximate surface area is 137 Å². The van der Waals surface area contributed by atoms with E-state index in [1.807, 2.05) is 25.1 Å². The summed E-state index contributed by atoms with van der Waals surface area (Å²) in [6.45, 7) is 4.64. The van der Waals surface area contributed by atoms with Crippen molar-refractivity contribution in [3.63, 3.8) is 0 Å². The lowest BCUT2D eigenvalue weighted by Gasteiger charge is -2.00. The van der Waals surface area contributed by atoms with Crippen molar-refractivity contribution in [2.75, 3.05) is 11.9 Å². The van der Waals surface area contributed by atoms with E-state index < -0.39 is 0 Å². The number of amides is 1. The van der Waals surface area contributed by atoms with Crippen LogP contribution in [0.3, 0.4) is 0 Å². The predicted octanol–water partition coefficient (Wildman–Crippen LogP) is 3.62. The van der Waals surface area contributed by atoms with Crippen LogP contribution in [0.1, 0.15) is 36.5 Å². The number of aromatic amines is 1. The van der Waals surface area contributed by atoms with Crippen LogP contribution in [0.25, 0.3) is 10.2 Å². The van der Waals surface area contributed by atoms with Gasteiger partial charge in [-0.05, 0) is 37.6 Å². The number of ether oxygens (including phenoxy) is 1. The van der Waals surface area contributed by atoms with Gasteiger partial charge in [0, 0.05) is 5.69 Å². The number of aromatic nitrogens is 3. The Hall–Kier alpha value is -2.41. The van der Waals surface area contributed by atoms with Gasteiger partial charge in [-0.1, -0.05) is 24.7 Å². The van der Waals surface area contributed by atoms with Gasteiger partial charge in [0.25, 0.3) is 5.91 Å². The normalized spacial score (nSPS) is 10.9. The molecule has 0 unspecified atom stereocenters. The summed E-state index contributed by atoms with van der Waals surface area (Å²) < 4.78 is 6.45. The van der Waals surface area contributed by atoms with Gasteiger partial charge in [0.1, 0.15) is 5.75 Å². The van der Waals surface area contributed by atoms with Crippen molar-refractivity contribution < 1.29 is 9.53 Å². The number of rotatable bonds is 6. The van der Waals surface area contributed by atoms with E-state index in [0.29, 0.717) is 17.4 Å². The number of nitrogens with zero attached hydrogens (tertiary/aromatic N) is 2. The highest BCUT2D eigenvalue weighted by Crippen LogP contribution is 2.29. The fourth-order valence-electron chi connectivity index (χ4n) is 2.25. The SMILES string of the molecule is CCCc1cc(C(=O)Nc2nc3ccc(OCC)cc3s2)n[nH]1. The first-order valence-corrected chi connectivity index (χ1v) is 8.40. The van der Waals surface area contributed by atoms with Crippen LogP contribution in [0, 0.1) is 0 Å². The molecule has 0 saturated carbocycles. The van der Waals surface area contributed by atoms with Gasteiger partial charge >= 0.3 is 0 Å². The molecule has 0 aliphatic rings.